The van der Waals surface area contributed by atoms with E-state index in [1.54, 1.807) is 0 Å². The molecule has 0 N–H and O–H groups in total. The molecule has 0 saturated carbocycles. The van der Waals surface area contributed by atoms with Gasteiger partial charge in [-0.25, -0.2) is 0 Å². The number of unbranched alkanes of at least 4 members (excludes halogenated alkanes) is 1. The van der Waals surface area contributed by atoms with Gasteiger partial charge in [0, 0.05) is 0 Å². The van der Waals surface area contributed by atoms with Crippen molar-refractivity contribution in [1.82, 2.24) is 0 Å². The maximum absolute atomic E-state index is 8.37. The van der Waals surface area contributed by atoms with Crippen LogP contribution in [0.2, 0.25) is 0 Å². The van der Waals surface area contributed by atoms with Gasteiger partial charge in [-0.05, 0) is 25.3 Å². The van der Waals surface area contributed by atoms with E-state index in [-0.39, 0.29) is 0 Å². The summed E-state index contributed by atoms with van der Waals surface area (Å²) >= 11 is 0. The van der Waals surface area contributed by atoms with E-state index in [2.05, 4.69) is 12.3 Å². The summed E-state index contributed by atoms with van der Waals surface area (Å²) in [4.78, 5) is 0. The van der Waals surface area contributed by atoms with Crippen LogP contribution in [0.5, 0.6) is 0 Å². The first-order chi connectivity index (χ1) is 5.35. The molecule has 0 fully saturated rings. The van der Waals surface area contributed by atoms with Crippen LogP contribution in [0.3, 0.4) is 0 Å². The lowest BCUT2D eigenvalue weighted by Crippen LogP contribution is -1.91. The minimum atomic E-state index is -0.451. The van der Waals surface area contributed by atoms with Gasteiger partial charge in [0.1, 0.15) is 5.92 Å². The lowest BCUT2D eigenvalue weighted by atomic mass is 10.1. The fourth-order valence-corrected chi connectivity index (χ4v) is 0.684. The second kappa shape index (κ2) is 6.62. The SMILES string of the molecule is C=C=CCCCC(C#N)C#N. The van der Waals surface area contributed by atoms with Crippen LogP contribution in [0.4, 0.5) is 0 Å². The van der Waals surface area contributed by atoms with E-state index in [9.17, 15) is 0 Å². The zero-order valence-corrected chi connectivity index (χ0v) is 6.38. The summed E-state index contributed by atoms with van der Waals surface area (Å²) in [6, 6.07) is 3.84. The van der Waals surface area contributed by atoms with Gasteiger partial charge in [-0.1, -0.05) is 6.58 Å². The van der Waals surface area contributed by atoms with Gasteiger partial charge in [-0.15, -0.1) is 5.73 Å². The third-order valence-electron chi connectivity index (χ3n) is 1.30. The summed E-state index contributed by atoms with van der Waals surface area (Å²) in [6.45, 7) is 3.41. The van der Waals surface area contributed by atoms with Crippen LogP contribution < -0.4 is 0 Å². The Morgan fingerprint density at radius 1 is 1.36 bits per heavy atom. The van der Waals surface area contributed by atoms with E-state index in [1.165, 1.54) is 0 Å². The van der Waals surface area contributed by atoms with E-state index in [0.717, 1.165) is 12.8 Å². The van der Waals surface area contributed by atoms with E-state index in [0.29, 0.717) is 6.42 Å². The van der Waals surface area contributed by atoms with E-state index in [4.69, 9.17) is 10.5 Å². The van der Waals surface area contributed by atoms with Crippen LogP contribution in [0.25, 0.3) is 0 Å². The van der Waals surface area contributed by atoms with Gasteiger partial charge in [0.25, 0.3) is 0 Å². The van der Waals surface area contributed by atoms with Gasteiger partial charge in [-0.3, -0.25) is 0 Å². The molecule has 0 rings (SSSR count). The second-order valence-electron chi connectivity index (χ2n) is 2.15. The molecular weight excluding hydrogens is 136 g/mol. The first kappa shape index (κ1) is 9.50. The molecule has 0 amide bonds. The molecule has 0 aromatic carbocycles. The van der Waals surface area contributed by atoms with Crippen LogP contribution >= 0.6 is 0 Å². The number of nitrogens with zero attached hydrogens (tertiary/aromatic N) is 2. The Bertz CT molecular complexity index is 209. The van der Waals surface area contributed by atoms with Crippen molar-refractivity contribution in [2.24, 2.45) is 5.92 Å². The Balaban J connectivity index is 3.47. The highest BCUT2D eigenvalue weighted by atomic mass is 14.3. The molecule has 2 nitrogen and oxygen atoms in total. The van der Waals surface area contributed by atoms with Gasteiger partial charge in [-0.2, -0.15) is 10.5 Å². The summed E-state index contributed by atoms with van der Waals surface area (Å²) in [5.41, 5.74) is 2.64. The Morgan fingerprint density at radius 2 is 2.00 bits per heavy atom. The Hall–Kier alpha value is -1.50. The molecule has 0 saturated heterocycles. The normalized spacial score (nSPS) is 7.91. The predicted molar refractivity (Wildman–Crippen MR) is 42.3 cm³/mol. The van der Waals surface area contributed by atoms with Gasteiger partial charge in [0.05, 0.1) is 12.1 Å². The fourth-order valence-electron chi connectivity index (χ4n) is 0.684. The average molecular weight is 146 g/mol. The summed E-state index contributed by atoms with van der Waals surface area (Å²) in [5, 5.41) is 16.7. The van der Waals surface area contributed by atoms with Gasteiger partial charge in [0.2, 0.25) is 0 Å². The Kier molecular flexibility index (Phi) is 5.72. The first-order valence-corrected chi connectivity index (χ1v) is 3.48. The topological polar surface area (TPSA) is 47.6 Å². The van der Waals surface area contributed by atoms with Crippen LogP contribution in [-0.2, 0) is 0 Å². The molecule has 0 unspecified atom stereocenters. The molecule has 0 heterocycles. The maximum atomic E-state index is 8.37. The molecule has 0 aliphatic carbocycles. The van der Waals surface area contributed by atoms with Gasteiger partial charge in [0.15, 0.2) is 0 Å². The molecular formula is C9H10N2. The van der Waals surface area contributed by atoms with Gasteiger partial charge >= 0.3 is 0 Å². The number of hydrogen-bond donors (Lipinski definition) is 0. The highest BCUT2D eigenvalue weighted by molar-refractivity contribution is 4.98. The highest BCUT2D eigenvalue weighted by Gasteiger charge is 2.02. The minimum Gasteiger partial charge on any atom is -0.197 e. The molecule has 0 aliphatic heterocycles. The van der Waals surface area contributed by atoms with Crippen molar-refractivity contribution in [2.75, 3.05) is 0 Å². The molecule has 56 valence electrons. The monoisotopic (exact) mass is 146 g/mol. The number of rotatable bonds is 4. The zero-order valence-electron chi connectivity index (χ0n) is 6.38. The van der Waals surface area contributed by atoms with E-state index >= 15 is 0 Å². The number of hydrogen-bond acceptors (Lipinski definition) is 2. The lowest BCUT2D eigenvalue weighted by molar-refractivity contribution is 0.680. The minimum absolute atomic E-state index is 0.451. The third-order valence-corrected chi connectivity index (χ3v) is 1.30. The van der Waals surface area contributed by atoms with Gasteiger partial charge < -0.3 is 0 Å². The molecule has 0 bridgehead atoms. The average Bonchev–Trinajstić information content (AvgIpc) is 2.05. The molecule has 11 heavy (non-hydrogen) atoms. The van der Waals surface area contributed by atoms with Crippen LogP contribution in [0.1, 0.15) is 19.3 Å². The summed E-state index contributed by atoms with van der Waals surface area (Å²) < 4.78 is 0. The Morgan fingerprint density at radius 3 is 2.45 bits per heavy atom. The molecule has 2 heteroatoms. The third kappa shape index (κ3) is 4.97. The molecule has 0 radical (unpaired) electrons. The predicted octanol–water partition coefficient (Wildman–Crippen LogP) is 2.16. The maximum Gasteiger partial charge on any atom is 0.133 e. The highest BCUT2D eigenvalue weighted by Crippen LogP contribution is 2.05. The van der Waals surface area contributed by atoms with Crippen LogP contribution in [0, 0.1) is 28.6 Å². The van der Waals surface area contributed by atoms with Crippen molar-refractivity contribution >= 4 is 0 Å². The van der Waals surface area contributed by atoms with Crippen molar-refractivity contribution in [3.8, 4) is 12.1 Å². The van der Waals surface area contributed by atoms with Crippen molar-refractivity contribution in [2.45, 2.75) is 19.3 Å². The number of nitriles is 2. The van der Waals surface area contributed by atoms with Crippen LogP contribution in [0.15, 0.2) is 18.4 Å². The second-order valence-corrected chi connectivity index (χ2v) is 2.15. The lowest BCUT2D eigenvalue weighted by Gasteiger charge is -1.94. The largest absolute Gasteiger partial charge is 0.197 e. The smallest absolute Gasteiger partial charge is 0.133 e. The van der Waals surface area contributed by atoms with Crippen molar-refractivity contribution in [1.29, 1.82) is 10.5 Å². The number of allylic oxidation sites excluding steroid dienone is 1. The fraction of sp³-hybridized carbons (Fsp3) is 0.444. The molecule has 0 spiro atoms. The quantitative estimate of drug-likeness (QED) is 0.450. The van der Waals surface area contributed by atoms with E-state index in [1.807, 2.05) is 18.2 Å². The molecule has 0 aromatic heterocycles. The summed E-state index contributed by atoms with van der Waals surface area (Å²) in [6.07, 6.45) is 4.16. The summed E-state index contributed by atoms with van der Waals surface area (Å²) in [5.74, 6) is -0.451. The molecule has 0 aromatic rings. The standard InChI is InChI=1S/C9H10N2/c1-2-3-4-5-6-9(7-10)8-11/h3,9H,1,4-6H2. The van der Waals surface area contributed by atoms with Crippen molar-refractivity contribution in [3.05, 3.63) is 18.4 Å². The zero-order chi connectivity index (χ0) is 8.53. The Labute approximate surface area is 67.1 Å². The van der Waals surface area contributed by atoms with Crippen molar-refractivity contribution in [3.63, 3.8) is 0 Å². The molecule has 0 aliphatic rings. The first-order valence-electron chi connectivity index (χ1n) is 3.48. The van der Waals surface area contributed by atoms with Crippen molar-refractivity contribution < 1.29 is 0 Å². The molecule has 0 atom stereocenters. The van der Waals surface area contributed by atoms with E-state index < -0.39 is 5.92 Å². The van der Waals surface area contributed by atoms with Crippen LogP contribution in [-0.4, -0.2) is 0 Å². The summed E-state index contributed by atoms with van der Waals surface area (Å²) in [7, 11) is 0.